The van der Waals surface area contributed by atoms with Crippen LogP contribution in [0, 0.1) is 23.5 Å². The molecule has 1 aliphatic rings. The minimum Gasteiger partial charge on any atom is -0.354 e. The Morgan fingerprint density at radius 2 is 1.88 bits per heavy atom. The van der Waals surface area contributed by atoms with Gasteiger partial charge >= 0.3 is 0 Å². The van der Waals surface area contributed by atoms with E-state index < -0.39 is 0 Å². The summed E-state index contributed by atoms with van der Waals surface area (Å²) in [6, 6.07) is 8.07. The lowest BCUT2D eigenvalue weighted by Crippen LogP contribution is -2.33. The molecule has 1 fully saturated rings. The van der Waals surface area contributed by atoms with Crippen LogP contribution in [-0.2, 0) is 11.3 Å². The van der Waals surface area contributed by atoms with Crippen LogP contribution in [0.5, 0.6) is 0 Å². The van der Waals surface area contributed by atoms with E-state index >= 15 is 0 Å². The summed E-state index contributed by atoms with van der Waals surface area (Å²) in [6.07, 6.45) is 6.31. The Kier molecular flexibility index (Phi) is 6.25. The first-order chi connectivity index (χ1) is 12.6. The summed E-state index contributed by atoms with van der Waals surface area (Å²) in [7, 11) is 0. The number of carbonyl (C=O) groups is 1. The number of benzene rings is 1. The molecule has 0 bridgehead atoms. The summed E-state index contributed by atoms with van der Waals surface area (Å²) in [6.45, 7) is 5.28. The first kappa shape index (κ1) is 18.8. The monoisotopic (exact) mass is 372 g/mol. The maximum absolute atomic E-state index is 12.4. The van der Waals surface area contributed by atoms with E-state index in [9.17, 15) is 4.79 Å². The molecule has 1 amide bonds. The lowest BCUT2D eigenvalue weighted by molar-refractivity contribution is -0.121. The third-order valence-corrected chi connectivity index (χ3v) is 5.81. The maximum atomic E-state index is 12.4. The molecule has 3 rings (SSSR count). The molecule has 1 aromatic carbocycles. The van der Waals surface area contributed by atoms with Crippen molar-refractivity contribution < 1.29 is 4.79 Å². The van der Waals surface area contributed by atoms with Crippen LogP contribution >= 0.6 is 12.2 Å². The molecule has 0 atom stereocenters. The lowest BCUT2D eigenvalue weighted by Gasteiger charge is -2.27. The second kappa shape index (κ2) is 8.62. The average molecular weight is 373 g/mol. The Bertz CT molecular complexity index is 785. The molecule has 1 heterocycles. The van der Waals surface area contributed by atoms with Crippen molar-refractivity contribution in [3.63, 3.8) is 0 Å². The van der Waals surface area contributed by atoms with E-state index in [2.05, 4.69) is 22.4 Å². The van der Waals surface area contributed by atoms with Gasteiger partial charge in [-0.2, -0.15) is 5.10 Å². The van der Waals surface area contributed by atoms with E-state index in [-0.39, 0.29) is 12.5 Å². The fraction of sp³-hybridized carbons (Fsp3) is 0.550. The number of amides is 1. The molecule has 26 heavy (non-hydrogen) atoms. The highest BCUT2D eigenvalue weighted by atomic mass is 32.1. The van der Waals surface area contributed by atoms with E-state index in [4.69, 9.17) is 12.2 Å². The number of nitrogens with zero attached hydrogens (tertiary/aromatic N) is 2. The van der Waals surface area contributed by atoms with E-state index in [0.29, 0.717) is 16.5 Å². The summed E-state index contributed by atoms with van der Waals surface area (Å²) in [4.78, 5) is 12.4. The molecule has 0 unspecified atom stereocenters. The van der Waals surface area contributed by atoms with Crippen LogP contribution in [0.15, 0.2) is 24.3 Å². The summed E-state index contributed by atoms with van der Waals surface area (Å²) >= 11 is 5.32. The molecular weight excluding hydrogens is 344 g/mol. The zero-order valence-corrected chi connectivity index (χ0v) is 16.4. The first-order valence-electron chi connectivity index (χ1n) is 9.55. The molecular formula is C20H28N4OS. The molecule has 0 spiro atoms. The smallest absolute Gasteiger partial charge is 0.240 e. The standard InChI is InChI=1S/C20H28N4OS/c1-3-15-6-8-16(9-7-15)12-21-18(25)13-24-19(22-23-20(24)26)17-10-4-14(2)5-11-17/h4-5,10-11,15-16H,3,6-9,12-13H2,1-2H3,(H,21,25)(H,23,26). The summed E-state index contributed by atoms with van der Waals surface area (Å²) < 4.78 is 2.24. The molecule has 1 aliphatic carbocycles. The fourth-order valence-electron chi connectivity index (χ4n) is 3.69. The number of nitrogens with one attached hydrogen (secondary N) is 2. The van der Waals surface area contributed by atoms with Crippen LogP contribution in [0.2, 0.25) is 0 Å². The summed E-state index contributed by atoms with van der Waals surface area (Å²) in [5.74, 6) is 2.18. The van der Waals surface area contributed by atoms with Crippen molar-refractivity contribution in [3.05, 3.63) is 34.6 Å². The van der Waals surface area contributed by atoms with Crippen molar-refractivity contribution in [3.8, 4) is 11.4 Å². The van der Waals surface area contributed by atoms with Gasteiger partial charge in [-0.1, -0.05) is 56.0 Å². The van der Waals surface area contributed by atoms with Crippen LogP contribution in [0.4, 0.5) is 0 Å². The van der Waals surface area contributed by atoms with Crippen LogP contribution in [-0.4, -0.2) is 27.2 Å². The SMILES string of the molecule is CCC1CCC(CNC(=O)Cn2c(-c3ccc(C)cc3)n[nH]c2=S)CC1. The highest BCUT2D eigenvalue weighted by Gasteiger charge is 2.20. The van der Waals surface area contributed by atoms with Gasteiger partial charge in [0.2, 0.25) is 5.91 Å². The zero-order valence-electron chi connectivity index (χ0n) is 15.6. The van der Waals surface area contributed by atoms with Crippen molar-refractivity contribution >= 4 is 18.1 Å². The molecule has 0 saturated heterocycles. The van der Waals surface area contributed by atoms with Gasteiger partial charge in [0.05, 0.1) is 0 Å². The van der Waals surface area contributed by atoms with Gasteiger partial charge in [-0.3, -0.25) is 14.5 Å². The normalized spacial score (nSPS) is 20.1. The molecule has 6 heteroatoms. The van der Waals surface area contributed by atoms with Crippen LogP contribution < -0.4 is 5.32 Å². The second-order valence-electron chi connectivity index (χ2n) is 7.40. The Hall–Kier alpha value is -1.95. The van der Waals surface area contributed by atoms with Crippen molar-refractivity contribution in [1.82, 2.24) is 20.1 Å². The molecule has 0 radical (unpaired) electrons. The Balaban J connectivity index is 1.59. The number of hydrogen-bond donors (Lipinski definition) is 2. The van der Waals surface area contributed by atoms with E-state index in [1.54, 1.807) is 4.57 Å². The van der Waals surface area contributed by atoms with Gasteiger partial charge in [0.15, 0.2) is 10.6 Å². The van der Waals surface area contributed by atoms with Crippen LogP contribution in [0.1, 0.15) is 44.6 Å². The molecule has 1 aromatic heterocycles. The average Bonchev–Trinajstić information content (AvgIpc) is 3.01. The van der Waals surface area contributed by atoms with Gasteiger partial charge in [-0.15, -0.1) is 0 Å². The minimum atomic E-state index is -0.00604. The highest BCUT2D eigenvalue weighted by Crippen LogP contribution is 2.30. The van der Waals surface area contributed by atoms with E-state index in [1.165, 1.54) is 37.7 Å². The predicted molar refractivity (Wildman–Crippen MR) is 106 cm³/mol. The molecule has 5 nitrogen and oxygen atoms in total. The van der Waals surface area contributed by atoms with Crippen molar-refractivity contribution in [1.29, 1.82) is 0 Å². The molecule has 2 N–H and O–H groups in total. The Morgan fingerprint density at radius 3 is 2.54 bits per heavy atom. The number of aromatic amines is 1. The molecule has 0 aliphatic heterocycles. The highest BCUT2D eigenvalue weighted by molar-refractivity contribution is 7.71. The predicted octanol–water partition coefficient (Wildman–Crippen LogP) is 4.25. The fourth-order valence-corrected chi connectivity index (χ4v) is 3.89. The van der Waals surface area contributed by atoms with Crippen LogP contribution in [0.3, 0.4) is 0 Å². The van der Waals surface area contributed by atoms with Gasteiger partial charge in [-0.05, 0) is 43.8 Å². The molecule has 140 valence electrons. The van der Waals surface area contributed by atoms with Crippen molar-refractivity contribution in [2.24, 2.45) is 11.8 Å². The van der Waals surface area contributed by atoms with Gasteiger partial charge in [0.25, 0.3) is 0 Å². The lowest BCUT2D eigenvalue weighted by atomic mass is 9.81. The largest absolute Gasteiger partial charge is 0.354 e. The zero-order chi connectivity index (χ0) is 18.5. The summed E-state index contributed by atoms with van der Waals surface area (Å²) in [5.41, 5.74) is 2.14. The summed E-state index contributed by atoms with van der Waals surface area (Å²) in [5, 5.41) is 10.2. The van der Waals surface area contributed by atoms with Gasteiger partial charge < -0.3 is 5.32 Å². The number of aryl methyl sites for hydroxylation is 1. The number of carbonyl (C=O) groups excluding carboxylic acids is 1. The minimum absolute atomic E-state index is 0.00604. The molecule has 2 aromatic rings. The van der Waals surface area contributed by atoms with Crippen molar-refractivity contribution in [2.75, 3.05) is 6.54 Å². The van der Waals surface area contributed by atoms with Gasteiger partial charge in [-0.25, -0.2) is 0 Å². The quantitative estimate of drug-likeness (QED) is 0.745. The second-order valence-corrected chi connectivity index (χ2v) is 7.79. The Labute approximate surface area is 160 Å². The van der Waals surface area contributed by atoms with Crippen LogP contribution in [0.25, 0.3) is 11.4 Å². The number of H-pyrrole nitrogens is 1. The first-order valence-corrected chi connectivity index (χ1v) is 9.96. The third kappa shape index (κ3) is 4.61. The van der Waals surface area contributed by atoms with Gasteiger partial charge in [0, 0.05) is 12.1 Å². The molecule has 1 saturated carbocycles. The van der Waals surface area contributed by atoms with Gasteiger partial charge in [0.1, 0.15) is 6.54 Å². The maximum Gasteiger partial charge on any atom is 0.240 e. The topological polar surface area (TPSA) is 62.7 Å². The third-order valence-electron chi connectivity index (χ3n) is 5.50. The number of aromatic nitrogens is 3. The number of hydrogen-bond acceptors (Lipinski definition) is 3. The number of rotatable bonds is 6. The van der Waals surface area contributed by atoms with Crippen molar-refractivity contribution in [2.45, 2.75) is 52.5 Å². The Morgan fingerprint density at radius 1 is 1.23 bits per heavy atom. The van der Waals surface area contributed by atoms with E-state index in [0.717, 1.165) is 18.0 Å². The van der Waals surface area contributed by atoms with E-state index in [1.807, 2.05) is 31.2 Å².